The number of rotatable bonds is 3. The predicted molar refractivity (Wildman–Crippen MR) is 73.3 cm³/mol. The van der Waals surface area contributed by atoms with Crippen LogP contribution >= 0.6 is 0 Å². The Bertz CT molecular complexity index is 538. The highest BCUT2D eigenvalue weighted by atomic mass is 32.2. The van der Waals surface area contributed by atoms with Crippen molar-refractivity contribution in [3.63, 3.8) is 0 Å². The fourth-order valence-electron chi connectivity index (χ4n) is 2.15. The SMILES string of the molecule is CC(C)N(C)S(=O)(=O)c1cccc2c1CCCN2. The van der Waals surface area contributed by atoms with Gasteiger partial charge in [-0.3, -0.25) is 0 Å². The molecule has 1 aromatic carbocycles. The molecular formula is C13H20N2O2S. The summed E-state index contributed by atoms with van der Waals surface area (Å²) in [6.45, 7) is 4.67. The van der Waals surface area contributed by atoms with E-state index in [4.69, 9.17) is 0 Å². The molecule has 5 heteroatoms. The molecule has 1 N–H and O–H groups in total. The first-order valence-corrected chi connectivity index (χ1v) is 7.72. The lowest BCUT2D eigenvalue weighted by Gasteiger charge is -2.25. The van der Waals surface area contributed by atoms with Crippen molar-refractivity contribution in [2.24, 2.45) is 0 Å². The lowest BCUT2D eigenvalue weighted by atomic mass is 10.0. The number of fused-ring (bicyclic) bond motifs is 1. The van der Waals surface area contributed by atoms with Crippen LogP contribution in [0, 0.1) is 0 Å². The zero-order chi connectivity index (χ0) is 13.3. The van der Waals surface area contributed by atoms with Crippen LogP contribution in [0.1, 0.15) is 25.8 Å². The fraction of sp³-hybridized carbons (Fsp3) is 0.538. The van der Waals surface area contributed by atoms with Crippen molar-refractivity contribution >= 4 is 15.7 Å². The third kappa shape index (κ3) is 2.24. The van der Waals surface area contributed by atoms with Crippen molar-refractivity contribution in [1.29, 1.82) is 0 Å². The van der Waals surface area contributed by atoms with Gasteiger partial charge in [-0.1, -0.05) is 6.07 Å². The minimum absolute atomic E-state index is 0.0394. The molecule has 100 valence electrons. The van der Waals surface area contributed by atoms with Gasteiger partial charge in [-0.15, -0.1) is 0 Å². The number of hydrogen-bond acceptors (Lipinski definition) is 3. The van der Waals surface area contributed by atoms with Gasteiger partial charge in [-0.05, 0) is 44.4 Å². The zero-order valence-electron chi connectivity index (χ0n) is 11.1. The van der Waals surface area contributed by atoms with Gasteiger partial charge in [0.15, 0.2) is 0 Å². The van der Waals surface area contributed by atoms with Crippen LogP contribution < -0.4 is 5.32 Å². The molecule has 18 heavy (non-hydrogen) atoms. The van der Waals surface area contributed by atoms with Crippen molar-refractivity contribution in [3.8, 4) is 0 Å². The molecule has 0 bridgehead atoms. The van der Waals surface area contributed by atoms with Crippen LogP contribution in [-0.2, 0) is 16.4 Å². The molecule has 2 rings (SSSR count). The first-order valence-electron chi connectivity index (χ1n) is 6.28. The lowest BCUT2D eigenvalue weighted by Crippen LogP contribution is -2.34. The Kier molecular flexibility index (Phi) is 3.64. The Labute approximate surface area is 109 Å². The average molecular weight is 268 g/mol. The van der Waals surface area contributed by atoms with Crippen molar-refractivity contribution in [1.82, 2.24) is 4.31 Å². The van der Waals surface area contributed by atoms with E-state index in [-0.39, 0.29) is 6.04 Å². The number of benzene rings is 1. The Balaban J connectivity index is 2.52. The van der Waals surface area contributed by atoms with E-state index in [0.717, 1.165) is 30.6 Å². The van der Waals surface area contributed by atoms with E-state index in [9.17, 15) is 8.42 Å². The molecule has 0 aromatic heterocycles. The van der Waals surface area contributed by atoms with Crippen LogP contribution in [0.2, 0.25) is 0 Å². The van der Waals surface area contributed by atoms with Gasteiger partial charge in [0.05, 0.1) is 4.90 Å². The molecule has 0 saturated heterocycles. The van der Waals surface area contributed by atoms with Gasteiger partial charge in [0.25, 0.3) is 0 Å². The van der Waals surface area contributed by atoms with E-state index in [0.29, 0.717) is 4.90 Å². The topological polar surface area (TPSA) is 49.4 Å². The fourth-order valence-corrected chi connectivity index (χ4v) is 3.79. The minimum atomic E-state index is -3.39. The number of hydrogen-bond donors (Lipinski definition) is 1. The molecule has 1 aromatic rings. The Morgan fingerprint density at radius 3 is 2.72 bits per heavy atom. The maximum absolute atomic E-state index is 12.5. The second kappa shape index (κ2) is 4.90. The van der Waals surface area contributed by atoms with Crippen LogP contribution in [0.25, 0.3) is 0 Å². The molecular weight excluding hydrogens is 248 g/mol. The summed E-state index contributed by atoms with van der Waals surface area (Å²) in [4.78, 5) is 0.448. The molecule has 1 aliphatic heterocycles. The molecule has 0 atom stereocenters. The van der Waals surface area contributed by atoms with Crippen LogP contribution in [0.15, 0.2) is 23.1 Å². The van der Waals surface area contributed by atoms with Gasteiger partial charge >= 0.3 is 0 Å². The third-order valence-corrected chi connectivity index (χ3v) is 5.55. The first-order chi connectivity index (χ1) is 8.44. The van der Waals surface area contributed by atoms with Gasteiger partial charge in [-0.2, -0.15) is 4.31 Å². The van der Waals surface area contributed by atoms with Crippen molar-refractivity contribution in [2.75, 3.05) is 18.9 Å². The van der Waals surface area contributed by atoms with Crippen molar-refractivity contribution in [3.05, 3.63) is 23.8 Å². The second-order valence-corrected chi connectivity index (χ2v) is 6.89. The zero-order valence-corrected chi connectivity index (χ0v) is 11.9. The lowest BCUT2D eigenvalue weighted by molar-refractivity contribution is 0.410. The van der Waals surface area contributed by atoms with E-state index in [1.807, 2.05) is 19.9 Å². The highest BCUT2D eigenvalue weighted by Gasteiger charge is 2.27. The van der Waals surface area contributed by atoms with Gasteiger partial charge in [0, 0.05) is 25.3 Å². The Morgan fingerprint density at radius 2 is 2.06 bits per heavy atom. The van der Waals surface area contributed by atoms with E-state index in [1.54, 1.807) is 19.2 Å². The molecule has 0 radical (unpaired) electrons. The van der Waals surface area contributed by atoms with Crippen molar-refractivity contribution < 1.29 is 8.42 Å². The molecule has 1 heterocycles. The maximum atomic E-state index is 12.5. The molecule has 0 saturated carbocycles. The molecule has 0 amide bonds. The number of anilines is 1. The predicted octanol–water partition coefficient (Wildman–Crippen LogP) is 2.07. The minimum Gasteiger partial charge on any atom is -0.385 e. The van der Waals surface area contributed by atoms with E-state index in [1.165, 1.54) is 4.31 Å². The standard InChI is InChI=1S/C13H20N2O2S/c1-10(2)15(3)18(16,17)13-8-4-7-12-11(13)6-5-9-14-12/h4,7-8,10,14H,5-6,9H2,1-3H3. The first kappa shape index (κ1) is 13.4. The molecule has 4 nitrogen and oxygen atoms in total. The average Bonchev–Trinajstić information content (AvgIpc) is 2.36. The number of sulfonamides is 1. The van der Waals surface area contributed by atoms with Gasteiger partial charge in [0.2, 0.25) is 10.0 Å². The molecule has 0 spiro atoms. The largest absolute Gasteiger partial charge is 0.385 e. The van der Waals surface area contributed by atoms with Gasteiger partial charge < -0.3 is 5.32 Å². The summed E-state index contributed by atoms with van der Waals surface area (Å²) >= 11 is 0. The van der Waals surface area contributed by atoms with Gasteiger partial charge in [0.1, 0.15) is 0 Å². The summed E-state index contributed by atoms with van der Waals surface area (Å²) in [6, 6.07) is 5.42. The number of nitrogens with one attached hydrogen (secondary N) is 1. The maximum Gasteiger partial charge on any atom is 0.243 e. The summed E-state index contributed by atoms with van der Waals surface area (Å²) in [5.74, 6) is 0. The van der Waals surface area contributed by atoms with Crippen LogP contribution in [0.3, 0.4) is 0 Å². The summed E-state index contributed by atoms with van der Waals surface area (Å²) in [7, 11) is -1.75. The van der Waals surface area contributed by atoms with Gasteiger partial charge in [-0.25, -0.2) is 8.42 Å². The molecule has 1 aliphatic rings. The Hall–Kier alpha value is -1.07. The normalized spacial score (nSPS) is 15.6. The monoisotopic (exact) mass is 268 g/mol. The summed E-state index contributed by atoms with van der Waals surface area (Å²) in [5.41, 5.74) is 1.88. The highest BCUT2D eigenvalue weighted by Crippen LogP contribution is 2.30. The quantitative estimate of drug-likeness (QED) is 0.913. The van der Waals surface area contributed by atoms with E-state index in [2.05, 4.69) is 5.32 Å². The van der Waals surface area contributed by atoms with Crippen LogP contribution in [0.5, 0.6) is 0 Å². The number of nitrogens with zero attached hydrogens (tertiary/aromatic N) is 1. The third-order valence-electron chi connectivity index (χ3n) is 3.44. The Morgan fingerprint density at radius 1 is 1.33 bits per heavy atom. The van der Waals surface area contributed by atoms with E-state index >= 15 is 0 Å². The summed E-state index contributed by atoms with van der Waals surface area (Å²) in [5, 5.41) is 3.26. The van der Waals surface area contributed by atoms with Crippen LogP contribution in [0.4, 0.5) is 5.69 Å². The second-order valence-electron chi connectivity index (χ2n) is 4.93. The molecule has 0 unspecified atom stereocenters. The molecule has 0 fully saturated rings. The van der Waals surface area contributed by atoms with E-state index < -0.39 is 10.0 Å². The smallest absolute Gasteiger partial charge is 0.243 e. The molecule has 0 aliphatic carbocycles. The van der Waals surface area contributed by atoms with Crippen molar-refractivity contribution in [2.45, 2.75) is 37.6 Å². The summed E-state index contributed by atoms with van der Waals surface area (Å²) in [6.07, 6.45) is 1.80. The van der Waals surface area contributed by atoms with Crippen LogP contribution in [-0.4, -0.2) is 32.4 Å². The summed E-state index contributed by atoms with van der Waals surface area (Å²) < 4.78 is 26.5. The highest BCUT2D eigenvalue weighted by molar-refractivity contribution is 7.89.